The zero-order valence-electron chi connectivity index (χ0n) is 15.8. The zero-order chi connectivity index (χ0) is 19.8. The third-order valence-electron chi connectivity index (χ3n) is 3.87. The van der Waals surface area contributed by atoms with Gasteiger partial charge in [0.25, 0.3) is 0 Å². The van der Waals surface area contributed by atoms with Crippen molar-refractivity contribution in [1.82, 2.24) is 0 Å². The van der Waals surface area contributed by atoms with Gasteiger partial charge in [0.2, 0.25) is 5.91 Å². The van der Waals surface area contributed by atoms with Gasteiger partial charge in [-0.2, -0.15) is 0 Å². The largest absolute Gasteiger partial charge is 0.493 e. The predicted molar refractivity (Wildman–Crippen MR) is 107 cm³/mol. The second-order valence-corrected chi connectivity index (χ2v) is 7.03. The lowest BCUT2D eigenvalue weighted by Gasteiger charge is -2.14. The fraction of sp³-hybridized carbons (Fsp3) is 0.300. The topological polar surface area (TPSA) is 73.9 Å². The van der Waals surface area contributed by atoms with Crippen LogP contribution < -0.4 is 14.8 Å². The van der Waals surface area contributed by atoms with Gasteiger partial charge in [0, 0.05) is 17.5 Å². The molecule has 0 saturated carbocycles. The lowest BCUT2D eigenvalue weighted by atomic mass is 10.1. The minimum atomic E-state index is -0.374. The van der Waals surface area contributed by atoms with Crippen LogP contribution in [0.25, 0.3) is 0 Å². The molecule has 2 aromatic rings. The molecule has 144 valence electrons. The van der Waals surface area contributed by atoms with Gasteiger partial charge >= 0.3 is 5.97 Å². The highest BCUT2D eigenvalue weighted by molar-refractivity contribution is 7.99. The number of esters is 1. The Balaban J connectivity index is 1.95. The molecule has 0 bridgehead atoms. The van der Waals surface area contributed by atoms with Crippen LogP contribution in [0.1, 0.15) is 22.8 Å². The normalized spacial score (nSPS) is 11.4. The van der Waals surface area contributed by atoms with Crippen LogP contribution in [0, 0.1) is 0 Å². The second-order valence-electron chi connectivity index (χ2n) is 5.70. The van der Waals surface area contributed by atoms with Crippen LogP contribution in [0.3, 0.4) is 0 Å². The Morgan fingerprint density at radius 3 is 2.44 bits per heavy atom. The Kier molecular flexibility index (Phi) is 7.55. The number of benzene rings is 2. The van der Waals surface area contributed by atoms with Crippen molar-refractivity contribution < 1.29 is 23.8 Å². The number of ether oxygens (including phenoxy) is 3. The Morgan fingerprint density at radius 2 is 1.78 bits per heavy atom. The van der Waals surface area contributed by atoms with Crippen molar-refractivity contribution in [3.8, 4) is 11.5 Å². The average molecular weight is 389 g/mol. The first kappa shape index (κ1) is 20.6. The van der Waals surface area contributed by atoms with E-state index in [0.717, 1.165) is 5.56 Å². The van der Waals surface area contributed by atoms with Gasteiger partial charge in [0.05, 0.1) is 32.1 Å². The van der Waals surface area contributed by atoms with Crippen molar-refractivity contribution in [3.63, 3.8) is 0 Å². The van der Waals surface area contributed by atoms with Crippen LogP contribution in [-0.2, 0) is 15.3 Å². The molecule has 0 spiro atoms. The van der Waals surface area contributed by atoms with Gasteiger partial charge in [0.1, 0.15) is 0 Å². The van der Waals surface area contributed by atoms with Crippen LogP contribution in [0.4, 0.5) is 5.69 Å². The summed E-state index contributed by atoms with van der Waals surface area (Å²) in [7, 11) is 4.46. The summed E-state index contributed by atoms with van der Waals surface area (Å²) in [5, 5.41) is 2.60. The van der Waals surface area contributed by atoms with Crippen LogP contribution in [0.2, 0.25) is 0 Å². The Morgan fingerprint density at radius 1 is 1.04 bits per heavy atom. The number of methoxy groups -OCH3 is 3. The molecule has 2 aromatic carbocycles. The molecule has 1 atom stereocenters. The van der Waals surface area contributed by atoms with E-state index in [2.05, 4.69) is 5.32 Å². The lowest BCUT2D eigenvalue weighted by molar-refractivity contribution is -0.115. The minimum absolute atomic E-state index is 0.114. The average Bonchev–Trinajstić information content (AvgIpc) is 2.71. The van der Waals surface area contributed by atoms with Crippen LogP contribution in [0.5, 0.6) is 11.5 Å². The highest BCUT2D eigenvalue weighted by Crippen LogP contribution is 2.30. The van der Waals surface area contributed by atoms with E-state index in [1.165, 1.54) is 18.9 Å². The molecule has 7 heteroatoms. The number of carbonyl (C=O) groups excluding carboxylic acids is 2. The van der Waals surface area contributed by atoms with E-state index in [9.17, 15) is 9.59 Å². The van der Waals surface area contributed by atoms with Gasteiger partial charge in [-0.15, -0.1) is 11.8 Å². The fourth-order valence-corrected chi connectivity index (χ4v) is 3.19. The first-order valence-electron chi connectivity index (χ1n) is 8.30. The number of anilines is 1. The maximum Gasteiger partial charge on any atom is 0.337 e. The summed E-state index contributed by atoms with van der Waals surface area (Å²) in [6.45, 7) is 1.84. The Labute approximate surface area is 163 Å². The van der Waals surface area contributed by atoms with Crippen molar-refractivity contribution >= 4 is 29.3 Å². The van der Waals surface area contributed by atoms with Crippen LogP contribution >= 0.6 is 11.8 Å². The summed E-state index contributed by atoms with van der Waals surface area (Å²) in [6.07, 6.45) is 0. The monoisotopic (exact) mass is 389 g/mol. The summed E-state index contributed by atoms with van der Waals surface area (Å²) >= 11 is 1.48. The zero-order valence-corrected chi connectivity index (χ0v) is 16.6. The molecule has 0 fully saturated rings. The summed E-state index contributed by atoms with van der Waals surface area (Å²) in [5.41, 5.74) is 2.09. The van der Waals surface area contributed by atoms with E-state index < -0.39 is 0 Å². The first-order valence-corrected chi connectivity index (χ1v) is 9.35. The molecular weight excluding hydrogens is 366 g/mol. The Bertz CT molecular complexity index is 809. The number of rotatable bonds is 8. The Hall–Kier alpha value is -2.67. The van der Waals surface area contributed by atoms with E-state index in [0.29, 0.717) is 28.5 Å². The summed E-state index contributed by atoms with van der Waals surface area (Å²) in [5.74, 6) is 1.27. The number of hydrogen-bond acceptors (Lipinski definition) is 6. The van der Waals surface area contributed by atoms with E-state index >= 15 is 0 Å². The van der Waals surface area contributed by atoms with Crippen LogP contribution in [-0.4, -0.2) is 38.5 Å². The number of nitrogens with one attached hydrogen (secondary N) is 1. The molecule has 6 nitrogen and oxygen atoms in total. The van der Waals surface area contributed by atoms with Crippen LogP contribution in [0.15, 0.2) is 42.5 Å². The molecule has 0 aliphatic rings. The predicted octanol–water partition coefficient (Wildman–Crippen LogP) is 3.75. The standard InChI is InChI=1S/C20H23NO5S/c1-13(27-12-14-6-5-7-15(10-14)20(23)26-4)19(22)21-16-8-9-17(24-2)18(11-16)25-3/h5-11,13H,12H2,1-4H3,(H,21,22)/t13-/m0/s1. The van der Waals surface area contributed by atoms with Crippen molar-refractivity contribution in [2.24, 2.45) is 0 Å². The molecule has 0 heterocycles. The molecule has 27 heavy (non-hydrogen) atoms. The molecule has 1 N–H and O–H groups in total. The highest BCUT2D eigenvalue weighted by atomic mass is 32.2. The highest BCUT2D eigenvalue weighted by Gasteiger charge is 2.15. The van der Waals surface area contributed by atoms with E-state index in [-0.39, 0.29) is 17.1 Å². The van der Waals surface area contributed by atoms with Crippen molar-refractivity contribution in [2.75, 3.05) is 26.6 Å². The molecule has 1 amide bonds. The minimum Gasteiger partial charge on any atom is -0.493 e. The number of carbonyl (C=O) groups is 2. The maximum atomic E-state index is 12.4. The molecule has 0 unspecified atom stereocenters. The summed E-state index contributed by atoms with van der Waals surface area (Å²) in [6, 6.07) is 12.4. The van der Waals surface area contributed by atoms with Crippen molar-refractivity contribution in [1.29, 1.82) is 0 Å². The van der Waals surface area contributed by atoms with Gasteiger partial charge in [-0.3, -0.25) is 4.79 Å². The lowest BCUT2D eigenvalue weighted by Crippen LogP contribution is -2.22. The molecule has 0 saturated heterocycles. The second kappa shape index (κ2) is 9.87. The molecule has 0 radical (unpaired) electrons. The summed E-state index contributed by atoms with van der Waals surface area (Å²) in [4.78, 5) is 24.0. The van der Waals surface area contributed by atoms with E-state index in [1.54, 1.807) is 50.6 Å². The molecular formula is C20H23NO5S. The number of amides is 1. The van der Waals surface area contributed by atoms with Gasteiger partial charge in [0.15, 0.2) is 11.5 Å². The van der Waals surface area contributed by atoms with E-state index in [1.807, 2.05) is 13.0 Å². The van der Waals surface area contributed by atoms with Crippen molar-refractivity contribution in [3.05, 3.63) is 53.6 Å². The van der Waals surface area contributed by atoms with Gasteiger partial charge in [-0.25, -0.2) is 4.79 Å². The molecule has 0 aliphatic carbocycles. The maximum absolute atomic E-state index is 12.4. The molecule has 0 aromatic heterocycles. The van der Waals surface area contributed by atoms with E-state index in [4.69, 9.17) is 14.2 Å². The molecule has 2 rings (SSSR count). The quantitative estimate of drug-likeness (QED) is 0.693. The van der Waals surface area contributed by atoms with Gasteiger partial charge in [-0.1, -0.05) is 12.1 Å². The summed E-state index contributed by atoms with van der Waals surface area (Å²) < 4.78 is 15.2. The van der Waals surface area contributed by atoms with Gasteiger partial charge in [-0.05, 0) is 36.8 Å². The number of thioether (sulfide) groups is 1. The fourth-order valence-electron chi connectivity index (χ4n) is 2.36. The van der Waals surface area contributed by atoms with Gasteiger partial charge < -0.3 is 19.5 Å². The SMILES string of the molecule is COC(=O)c1cccc(CS[C@@H](C)C(=O)Nc2ccc(OC)c(OC)c2)c1. The third kappa shape index (κ3) is 5.65. The first-order chi connectivity index (χ1) is 13.0. The van der Waals surface area contributed by atoms with Crippen molar-refractivity contribution in [2.45, 2.75) is 17.9 Å². The number of hydrogen-bond donors (Lipinski definition) is 1. The third-order valence-corrected chi connectivity index (χ3v) is 5.08. The smallest absolute Gasteiger partial charge is 0.337 e. The molecule has 0 aliphatic heterocycles.